The van der Waals surface area contributed by atoms with Crippen molar-refractivity contribution in [3.8, 4) is 5.88 Å². The minimum atomic E-state index is -4.50. The smallest absolute Gasteiger partial charge is 0.433 e. The van der Waals surface area contributed by atoms with Crippen LogP contribution in [0.3, 0.4) is 0 Å². The summed E-state index contributed by atoms with van der Waals surface area (Å²) in [6.45, 7) is 5.06. The van der Waals surface area contributed by atoms with E-state index in [1.807, 2.05) is 13.8 Å². The summed E-state index contributed by atoms with van der Waals surface area (Å²) in [6.07, 6.45) is -4.50. The molecular weight excluding hydrogens is 273 g/mol. The summed E-state index contributed by atoms with van der Waals surface area (Å²) in [4.78, 5) is 3.46. The van der Waals surface area contributed by atoms with Gasteiger partial charge >= 0.3 is 6.18 Å². The first-order valence-corrected chi connectivity index (χ1v) is 6.32. The van der Waals surface area contributed by atoms with Crippen molar-refractivity contribution in [3.05, 3.63) is 23.4 Å². The molecule has 0 spiro atoms. The second kappa shape index (κ2) is 7.44. The van der Waals surface area contributed by atoms with E-state index >= 15 is 0 Å². The van der Waals surface area contributed by atoms with Crippen molar-refractivity contribution in [1.82, 2.24) is 4.98 Å². The highest BCUT2D eigenvalue weighted by Gasteiger charge is 2.33. The third-order valence-corrected chi connectivity index (χ3v) is 2.37. The molecule has 114 valence electrons. The van der Waals surface area contributed by atoms with Gasteiger partial charge in [-0.2, -0.15) is 13.2 Å². The SMILES string of the molecule is CC(C)COCCOc1nc(C(F)(F)F)ccc1CN. The summed E-state index contributed by atoms with van der Waals surface area (Å²) in [6, 6.07) is 2.17. The number of nitrogens with two attached hydrogens (primary N) is 1. The van der Waals surface area contributed by atoms with Crippen molar-refractivity contribution in [2.45, 2.75) is 26.6 Å². The third-order valence-electron chi connectivity index (χ3n) is 2.37. The van der Waals surface area contributed by atoms with E-state index in [9.17, 15) is 13.2 Å². The largest absolute Gasteiger partial charge is 0.475 e. The molecule has 0 aliphatic rings. The van der Waals surface area contributed by atoms with Crippen LogP contribution < -0.4 is 10.5 Å². The fourth-order valence-electron chi connectivity index (χ4n) is 1.42. The molecular formula is C13H19F3N2O2. The van der Waals surface area contributed by atoms with Gasteiger partial charge in [0, 0.05) is 18.7 Å². The Morgan fingerprint density at radius 2 is 1.95 bits per heavy atom. The van der Waals surface area contributed by atoms with Gasteiger partial charge < -0.3 is 15.2 Å². The van der Waals surface area contributed by atoms with Crippen molar-refractivity contribution in [2.75, 3.05) is 19.8 Å². The average Bonchev–Trinajstić information content (AvgIpc) is 2.36. The van der Waals surface area contributed by atoms with E-state index < -0.39 is 11.9 Å². The average molecular weight is 292 g/mol. The topological polar surface area (TPSA) is 57.4 Å². The molecule has 20 heavy (non-hydrogen) atoms. The molecule has 0 aliphatic heterocycles. The molecule has 1 aromatic rings. The lowest BCUT2D eigenvalue weighted by Gasteiger charge is -2.13. The predicted octanol–water partition coefficient (Wildman–Crippen LogP) is 2.61. The number of rotatable bonds is 7. The lowest BCUT2D eigenvalue weighted by molar-refractivity contribution is -0.141. The molecule has 2 N–H and O–H groups in total. The van der Waals surface area contributed by atoms with Crippen LogP contribution in [-0.4, -0.2) is 24.8 Å². The molecule has 0 amide bonds. The minimum Gasteiger partial charge on any atom is -0.475 e. The molecule has 1 aromatic heterocycles. The van der Waals surface area contributed by atoms with Crippen LogP contribution in [0.4, 0.5) is 13.2 Å². The van der Waals surface area contributed by atoms with Crippen molar-refractivity contribution in [3.63, 3.8) is 0 Å². The van der Waals surface area contributed by atoms with Gasteiger partial charge in [-0.15, -0.1) is 0 Å². The van der Waals surface area contributed by atoms with Gasteiger partial charge in [-0.25, -0.2) is 4.98 Å². The Kier molecular flexibility index (Phi) is 6.22. The fraction of sp³-hybridized carbons (Fsp3) is 0.615. The number of halogens is 3. The molecule has 4 nitrogen and oxygen atoms in total. The lowest BCUT2D eigenvalue weighted by atomic mass is 10.2. The van der Waals surface area contributed by atoms with Crippen LogP contribution in [0.25, 0.3) is 0 Å². The standard InChI is InChI=1S/C13H19F3N2O2/c1-9(2)8-19-5-6-20-12-10(7-17)3-4-11(18-12)13(14,15)16/h3-4,9H,5-8,17H2,1-2H3. The number of ether oxygens (including phenoxy) is 2. The highest BCUT2D eigenvalue weighted by Crippen LogP contribution is 2.30. The molecule has 0 radical (unpaired) electrons. The van der Waals surface area contributed by atoms with Crippen LogP contribution in [0.2, 0.25) is 0 Å². The highest BCUT2D eigenvalue weighted by molar-refractivity contribution is 5.29. The first-order chi connectivity index (χ1) is 9.34. The predicted molar refractivity (Wildman–Crippen MR) is 68.3 cm³/mol. The van der Waals surface area contributed by atoms with Crippen molar-refractivity contribution < 1.29 is 22.6 Å². The monoisotopic (exact) mass is 292 g/mol. The maximum Gasteiger partial charge on any atom is 0.433 e. The van der Waals surface area contributed by atoms with Crippen LogP contribution in [0, 0.1) is 5.92 Å². The maximum atomic E-state index is 12.6. The van der Waals surface area contributed by atoms with Gasteiger partial charge in [-0.3, -0.25) is 0 Å². The lowest BCUT2D eigenvalue weighted by Crippen LogP contribution is -2.15. The van der Waals surface area contributed by atoms with Crippen molar-refractivity contribution >= 4 is 0 Å². The molecule has 0 fully saturated rings. The third kappa shape index (κ3) is 5.34. The van der Waals surface area contributed by atoms with Gasteiger partial charge in [0.1, 0.15) is 12.3 Å². The first-order valence-electron chi connectivity index (χ1n) is 6.32. The summed E-state index contributed by atoms with van der Waals surface area (Å²) in [5.74, 6) is 0.303. The fourth-order valence-corrected chi connectivity index (χ4v) is 1.42. The summed E-state index contributed by atoms with van der Waals surface area (Å²) >= 11 is 0. The zero-order valence-corrected chi connectivity index (χ0v) is 11.5. The van der Waals surface area contributed by atoms with E-state index in [-0.39, 0.29) is 19.0 Å². The number of pyridine rings is 1. The van der Waals surface area contributed by atoms with Gasteiger partial charge in [0.15, 0.2) is 0 Å². The van der Waals surface area contributed by atoms with Crippen LogP contribution >= 0.6 is 0 Å². The van der Waals surface area contributed by atoms with E-state index in [1.54, 1.807) is 0 Å². The molecule has 0 saturated heterocycles. The summed E-state index contributed by atoms with van der Waals surface area (Å²) in [7, 11) is 0. The van der Waals surface area contributed by atoms with E-state index in [0.29, 0.717) is 24.7 Å². The first kappa shape index (κ1) is 16.7. The minimum absolute atomic E-state index is 0.0628. The maximum absolute atomic E-state index is 12.6. The molecule has 0 aromatic carbocycles. The summed E-state index contributed by atoms with van der Waals surface area (Å²) in [5.41, 5.74) is 4.89. The van der Waals surface area contributed by atoms with Crippen LogP contribution in [0.5, 0.6) is 5.88 Å². The van der Waals surface area contributed by atoms with Gasteiger partial charge in [0.2, 0.25) is 5.88 Å². The summed E-state index contributed by atoms with van der Waals surface area (Å²) in [5, 5.41) is 0. The molecule has 0 unspecified atom stereocenters. The molecule has 7 heteroatoms. The van der Waals surface area contributed by atoms with Gasteiger partial charge in [0.05, 0.1) is 6.61 Å². The Hall–Kier alpha value is -1.34. The molecule has 0 bridgehead atoms. The van der Waals surface area contributed by atoms with Gasteiger partial charge in [-0.1, -0.05) is 19.9 Å². The Balaban J connectivity index is 2.62. The van der Waals surface area contributed by atoms with Gasteiger partial charge in [0.25, 0.3) is 0 Å². The van der Waals surface area contributed by atoms with Crippen LogP contribution in [-0.2, 0) is 17.5 Å². The molecule has 0 saturated carbocycles. The molecule has 0 atom stereocenters. The quantitative estimate of drug-likeness (QED) is 0.785. The number of hydrogen-bond acceptors (Lipinski definition) is 4. The number of nitrogens with zero attached hydrogens (tertiary/aromatic N) is 1. The Morgan fingerprint density at radius 1 is 1.25 bits per heavy atom. The van der Waals surface area contributed by atoms with Gasteiger partial charge in [-0.05, 0) is 12.0 Å². The van der Waals surface area contributed by atoms with E-state index in [0.717, 1.165) is 6.07 Å². The van der Waals surface area contributed by atoms with Crippen molar-refractivity contribution in [2.24, 2.45) is 11.7 Å². The normalized spacial score (nSPS) is 11.9. The second-order valence-electron chi connectivity index (χ2n) is 4.68. The van der Waals surface area contributed by atoms with Crippen molar-refractivity contribution in [1.29, 1.82) is 0 Å². The van der Waals surface area contributed by atoms with Crippen LogP contribution in [0.1, 0.15) is 25.1 Å². The highest BCUT2D eigenvalue weighted by atomic mass is 19.4. The Bertz CT molecular complexity index is 423. The number of alkyl halides is 3. The van der Waals surface area contributed by atoms with E-state index in [2.05, 4.69) is 4.98 Å². The molecule has 0 aliphatic carbocycles. The van der Waals surface area contributed by atoms with E-state index in [1.165, 1.54) is 6.07 Å². The summed E-state index contributed by atoms with van der Waals surface area (Å²) < 4.78 is 48.2. The Morgan fingerprint density at radius 3 is 2.50 bits per heavy atom. The Labute approximate surface area is 116 Å². The zero-order valence-electron chi connectivity index (χ0n) is 11.5. The zero-order chi connectivity index (χ0) is 15.2. The second-order valence-corrected chi connectivity index (χ2v) is 4.68. The number of hydrogen-bond donors (Lipinski definition) is 1. The number of aromatic nitrogens is 1. The molecule has 1 heterocycles. The molecule has 1 rings (SSSR count). The van der Waals surface area contributed by atoms with Crippen LogP contribution in [0.15, 0.2) is 12.1 Å². The van der Waals surface area contributed by atoms with E-state index in [4.69, 9.17) is 15.2 Å².